The number of benzene rings is 2. The van der Waals surface area contributed by atoms with Crippen molar-refractivity contribution in [2.75, 3.05) is 0 Å². The minimum absolute atomic E-state index is 0.325. The van der Waals surface area contributed by atoms with Crippen LogP contribution in [-0.2, 0) is 16.1 Å². The van der Waals surface area contributed by atoms with Gasteiger partial charge in [0.2, 0.25) is 5.82 Å². The Hall–Kier alpha value is -3.28. The van der Waals surface area contributed by atoms with Gasteiger partial charge in [0.1, 0.15) is 5.60 Å². The van der Waals surface area contributed by atoms with Crippen molar-refractivity contribution in [2.24, 2.45) is 0 Å². The SMILES string of the molecule is C=C(C(=O)OC(C)(C)C)[C@@H](Cn1nnc(-c2ccccc2)n1)c1ccccc1. The molecule has 3 rings (SSSR count). The van der Waals surface area contributed by atoms with E-state index in [0.717, 1.165) is 11.1 Å². The van der Waals surface area contributed by atoms with Crippen molar-refractivity contribution in [3.63, 3.8) is 0 Å². The van der Waals surface area contributed by atoms with E-state index in [2.05, 4.69) is 22.0 Å². The minimum Gasteiger partial charge on any atom is -0.457 e. The highest BCUT2D eigenvalue weighted by Crippen LogP contribution is 2.27. The molecule has 0 aliphatic carbocycles. The molecule has 1 atom stereocenters. The predicted octanol–water partition coefficient (Wildman–Crippen LogP) is 4.02. The second-order valence-electron chi connectivity index (χ2n) is 7.52. The maximum atomic E-state index is 12.6. The summed E-state index contributed by atoms with van der Waals surface area (Å²) in [5, 5.41) is 12.8. The Bertz CT molecular complexity index is 943. The predicted molar refractivity (Wildman–Crippen MR) is 107 cm³/mol. The average Bonchev–Trinajstić information content (AvgIpc) is 3.14. The zero-order valence-corrected chi connectivity index (χ0v) is 16.4. The Labute approximate surface area is 164 Å². The number of ether oxygens (including phenoxy) is 1. The summed E-state index contributed by atoms with van der Waals surface area (Å²) in [4.78, 5) is 14.1. The van der Waals surface area contributed by atoms with Crippen LogP contribution in [0.1, 0.15) is 32.3 Å². The van der Waals surface area contributed by atoms with E-state index in [1.165, 1.54) is 4.80 Å². The fraction of sp³-hybridized carbons (Fsp3) is 0.273. The van der Waals surface area contributed by atoms with Gasteiger partial charge in [0.15, 0.2) is 0 Å². The maximum Gasteiger partial charge on any atom is 0.334 e. The third kappa shape index (κ3) is 4.91. The standard InChI is InChI=1S/C22H24N4O2/c1-16(21(27)28-22(2,3)4)19(17-11-7-5-8-12-17)15-26-24-20(23-25-26)18-13-9-6-10-14-18/h5-14,19H,1,15H2,2-4H3/t19-/m1/s1. The molecule has 2 aromatic carbocycles. The Kier molecular flexibility index (Phi) is 5.68. The van der Waals surface area contributed by atoms with E-state index < -0.39 is 11.6 Å². The van der Waals surface area contributed by atoms with Gasteiger partial charge in [-0.2, -0.15) is 4.80 Å². The van der Waals surface area contributed by atoms with Gasteiger partial charge in [-0.3, -0.25) is 0 Å². The number of carbonyl (C=O) groups is 1. The molecule has 1 heterocycles. The second-order valence-corrected chi connectivity index (χ2v) is 7.52. The van der Waals surface area contributed by atoms with Crippen molar-refractivity contribution >= 4 is 5.97 Å². The van der Waals surface area contributed by atoms with E-state index in [4.69, 9.17) is 4.74 Å². The topological polar surface area (TPSA) is 69.9 Å². The maximum absolute atomic E-state index is 12.6. The molecule has 6 nitrogen and oxygen atoms in total. The smallest absolute Gasteiger partial charge is 0.334 e. The van der Waals surface area contributed by atoms with E-state index in [9.17, 15) is 4.79 Å². The molecule has 0 N–H and O–H groups in total. The molecule has 1 aromatic heterocycles. The molecule has 3 aromatic rings. The number of hydrogen-bond donors (Lipinski definition) is 0. The van der Waals surface area contributed by atoms with Gasteiger partial charge in [0.05, 0.1) is 6.54 Å². The summed E-state index contributed by atoms with van der Waals surface area (Å²) in [6.45, 7) is 9.85. The highest BCUT2D eigenvalue weighted by atomic mass is 16.6. The fourth-order valence-corrected chi connectivity index (χ4v) is 2.77. The quantitative estimate of drug-likeness (QED) is 0.480. The Morgan fingerprint density at radius 2 is 1.68 bits per heavy atom. The van der Waals surface area contributed by atoms with Gasteiger partial charge < -0.3 is 4.74 Å². The molecule has 0 amide bonds. The summed E-state index contributed by atoms with van der Waals surface area (Å²) < 4.78 is 5.51. The molecule has 0 saturated carbocycles. The monoisotopic (exact) mass is 376 g/mol. The summed E-state index contributed by atoms with van der Waals surface area (Å²) in [6.07, 6.45) is 0. The van der Waals surface area contributed by atoms with E-state index >= 15 is 0 Å². The molecule has 6 heteroatoms. The summed E-state index contributed by atoms with van der Waals surface area (Å²) in [5.74, 6) is -0.214. The molecule has 0 radical (unpaired) electrons. The lowest BCUT2D eigenvalue weighted by molar-refractivity contribution is -0.150. The summed E-state index contributed by atoms with van der Waals surface area (Å²) >= 11 is 0. The first kappa shape index (κ1) is 19.5. The number of carbonyl (C=O) groups excluding carboxylic acids is 1. The molecule has 0 aliphatic rings. The third-order valence-corrected chi connectivity index (χ3v) is 4.11. The fourth-order valence-electron chi connectivity index (χ4n) is 2.77. The number of hydrogen-bond acceptors (Lipinski definition) is 5. The van der Waals surface area contributed by atoms with Crippen LogP contribution in [0.2, 0.25) is 0 Å². The molecule has 0 aliphatic heterocycles. The highest BCUT2D eigenvalue weighted by molar-refractivity contribution is 5.89. The number of tetrazole rings is 1. The van der Waals surface area contributed by atoms with Crippen LogP contribution in [-0.4, -0.2) is 31.8 Å². The van der Waals surface area contributed by atoms with Crippen LogP contribution in [0.4, 0.5) is 0 Å². The number of rotatable bonds is 6. The summed E-state index contributed by atoms with van der Waals surface area (Å²) in [5.41, 5.74) is 1.60. The lowest BCUT2D eigenvalue weighted by atomic mass is 9.92. The van der Waals surface area contributed by atoms with Crippen LogP contribution in [0, 0.1) is 0 Å². The van der Waals surface area contributed by atoms with Crippen molar-refractivity contribution in [1.29, 1.82) is 0 Å². The van der Waals surface area contributed by atoms with Gasteiger partial charge in [-0.1, -0.05) is 67.2 Å². The van der Waals surface area contributed by atoms with Crippen molar-refractivity contribution in [1.82, 2.24) is 20.2 Å². The zero-order chi connectivity index (χ0) is 20.1. The molecule has 144 valence electrons. The number of aromatic nitrogens is 4. The molecule has 0 bridgehead atoms. The van der Waals surface area contributed by atoms with Gasteiger partial charge in [-0.05, 0) is 31.5 Å². The number of esters is 1. The average molecular weight is 376 g/mol. The normalized spacial score (nSPS) is 12.4. The molecule has 0 spiro atoms. The van der Waals surface area contributed by atoms with E-state index in [1.807, 2.05) is 81.4 Å². The largest absolute Gasteiger partial charge is 0.457 e. The van der Waals surface area contributed by atoms with Crippen LogP contribution in [0.15, 0.2) is 72.8 Å². The van der Waals surface area contributed by atoms with Gasteiger partial charge in [0.25, 0.3) is 0 Å². The molecular weight excluding hydrogens is 352 g/mol. The molecule has 0 unspecified atom stereocenters. The second kappa shape index (κ2) is 8.17. The molecular formula is C22H24N4O2. The van der Waals surface area contributed by atoms with Crippen LogP contribution in [0.5, 0.6) is 0 Å². The van der Waals surface area contributed by atoms with Gasteiger partial charge >= 0.3 is 5.97 Å². The van der Waals surface area contributed by atoms with E-state index in [1.54, 1.807) is 0 Å². The molecule has 0 saturated heterocycles. The van der Waals surface area contributed by atoms with Gasteiger partial charge in [0, 0.05) is 17.1 Å². The van der Waals surface area contributed by atoms with Crippen LogP contribution < -0.4 is 0 Å². The first-order chi connectivity index (χ1) is 13.3. The Morgan fingerprint density at radius 1 is 1.07 bits per heavy atom. The summed E-state index contributed by atoms with van der Waals surface area (Å²) in [7, 11) is 0. The van der Waals surface area contributed by atoms with Crippen LogP contribution in [0.3, 0.4) is 0 Å². The number of nitrogens with zero attached hydrogens (tertiary/aromatic N) is 4. The van der Waals surface area contributed by atoms with Gasteiger partial charge in [-0.15, -0.1) is 10.2 Å². The zero-order valence-electron chi connectivity index (χ0n) is 16.4. The van der Waals surface area contributed by atoms with Crippen LogP contribution >= 0.6 is 0 Å². The Morgan fingerprint density at radius 3 is 2.29 bits per heavy atom. The Balaban J connectivity index is 1.85. The summed E-state index contributed by atoms with van der Waals surface area (Å²) in [6, 6.07) is 19.3. The first-order valence-corrected chi connectivity index (χ1v) is 9.14. The minimum atomic E-state index is -0.590. The van der Waals surface area contributed by atoms with E-state index in [-0.39, 0.29) is 5.92 Å². The molecule has 0 fully saturated rings. The van der Waals surface area contributed by atoms with Crippen molar-refractivity contribution in [2.45, 2.75) is 38.8 Å². The van der Waals surface area contributed by atoms with E-state index in [0.29, 0.717) is 17.9 Å². The van der Waals surface area contributed by atoms with Crippen molar-refractivity contribution < 1.29 is 9.53 Å². The van der Waals surface area contributed by atoms with Crippen LogP contribution in [0.25, 0.3) is 11.4 Å². The molecule has 28 heavy (non-hydrogen) atoms. The highest BCUT2D eigenvalue weighted by Gasteiger charge is 2.27. The van der Waals surface area contributed by atoms with Crippen molar-refractivity contribution in [3.8, 4) is 11.4 Å². The van der Waals surface area contributed by atoms with Crippen molar-refractivity contribution in [3.05, 3.63) is 78.4 Å². The third-order valence-electron chi connectivity index (χ3n) is 4.11. The lowest BCUT2D eigenvalue weighted by Crippen LogP contribution is -2.27. The first-order valence-electron chi connectivity index (χ1n) is 9.14. The lowest BCUT2D eigenvalue weighted by Gasteiger charge is -2.24. The van der Waals surface area contributed by atoms with Gasteiger partial charge in [-0.25, -0.2) is 4.79 Å².